The quantitative estimate of drug-likeness (QED) is 0.607. The molecule has 0 amide bonds. The molecule has 0 aliphatic carbocycles. The summed E-state index contributed by atoms with van der Waals surface area (Å²) in [4.78, 5) is 9.22. The van der Waals surface area contributed by atoms with E-state index in [2.05, 4.69) is 35.2 Å². The lowest BCUT2D eigenvalue weighted by atomic mass is 10.2. The van der Waals surface area contributed by atoms with Crippen LogP contribution >= 0.6 is 11.8 Å². The minimum absolute atomic E-state index is 0.533. The number of unbranched alkanes of at least 4 members (excludes halogenated alkanes) is 2. The van der Waals surface area contributed by atoms with Crippen LogP contribution in [0.4, 0.5) is 5.82 Å². The molecule has 2 aromatic heterocycles. The van der Waals surface area contributed by atoms with Gasteiger partial charge in [0.25, 0.3) is 0 Å². The summed E-state index contributed by atoms with van der Waals surface area (Å²) in [7, 11) is 1.73. The number of aryl methyl sites for hydroxylation is 3. The van der Waals surface area contributed by atoms with Crippen LogP contribution in [0.5, 0.6) is 0 Å². The Morgan fingerprint density at radius 1 is 1.12 bits per heavy atom. The number of rotatable bonds is 11. The molecule has 140 valence electrons. The highest BCUT2D eigenvalue weighted by molar-refractivity contribution is 7.99. The molecule has 0 atom stereocenters. The molecular weight excluding hydrogens is 332 g/mol. The predicted molar refractivity (Wildman–Crippen MR) is 108 cm³/mol. The Hall–Kier alpha value is -1.27. The number of aromatic nitrogens is 3. The monoisotopic (exact) mass is 364 g/mol. The highest BCUT2D eigenvalue weighted by Gasteiger charge is 2.17. The number of hydrogen-bond acceptors (Lipinski definition) is 5. The molecule has 0 saturated heterocycles. The van der Waals surface area contributed by atoms with Crippen molar-refractivity contribution in [3.05, 3.63) is 17.1 Å². The molecule has 0 aliphatic heterocycles. The highest BCUT2D eigenvalue weighted by atomic mass is 32.2. The Bertz CT molecular complexity index is 684. The van der Waals surface area contributed by atoms with Crippen molar-refractivity contribution in [3.63, 3.8) is 0 Å². The number of nitrogen functional groups attached to an aromatic ring is 1. The molecule has 2 aromatic rings. The fourth-order valence-electron chi connectivity index (χ4n) is 2.99. The number of nitrogens with zero attached hydrogens (tertiary/aromatic N) is 3. The first-order valence-electron chi connectivity index (χ1n) is 9.28. The first-order chi connectivity index (χ1) is 12.1. The van der Waals surface area contributed by atoms with Gasteiger partial charge in [-0.1, -0.05) is 13.3 Å². The minimum atomic E-state index is 0.533. The molecule has 0 aliphatic rings. The van der Waals surface area contributed by atoms with Crippen LogP contribution in [0.1, 0.15) is 49.7 Å². The van der Waals surface area contributed by atoms with Gasteiger partial charge >= 0.3 is 0 Å². The number of thioether (sulfide) groups is 1. The van der Waals surface area contributed by atoms with Crippen molar-refractivity contribution in [2.24, 2.45) is 0 Å². The van der Waals surface area contributed by atoms with Crippen molar-refractivity contribution in [1.29, 1.82) is 0 Å². The molecule has 2 heterocycles. The van der Waals surface area contributed by atoms with Crippen molar-refractivity contribution < 1.29 is 4.74 Å². The Balaban J connectivity index is 2.14. The SMILES string of the molecule is CCCCSCCCCn1c(CCOC)nc2c(N)nc(C)c(C)c21. The average molecular weight is 365 g/mol. The maximum absolute atomic E-state index is 6.14. The van der Waals surface area contributed by atoms with Crippen LogP contribution in [0, 0.1) is 13.8 Å². The summed E-state index contributed by atoms with van der Waals surface area (Å²) in [5.41, 5.74) is 10.3. The molecule has 0 bridgehead atoms. The van der Waals surface area contributed by atoms with E-state index >= 15 is 0 Å². The Kier molecular flexibility index (Phi) is 8.03. The van der Waals surface area contributed by atoms with Gasteiger partial charge in [-0.15, -0.1) is 0 Å². The smallest absolute Gasteiger partial charge is 0.151 e. The third-order valence-electron chi connectivity index (χ3n) is 4.57. The van der Waals surface area contributed by atoms with Gasteiger partial charge in [-0.2, -0.15) is 11.8 Å². The van der Waals surface area contributed by atoms with Gasteiger partial charge in [-0.25, -0.2) is 9.97 Å². The normalized spacial score (nSPS) is 11.5. The van der Waals surface area contributed by atoms with Crippen LogP contribution < -0.4 is 5.73 Å². The van der Waals surface area contributed by atoms with E-state index in [0.29, 0.717) is 12.4 Å². The third kappa shape index (κ3) is 5.11. The number of anilines is 1. The number of fused-ring (bicyclic) bond motifs is 1. The van der Waals surface area contributed by atoms with Crippen LogP contribution in [0.2, 0.25) is 0 Å². The number of nitrogens with two attached hydrogens (primary N) is 1. The first-order valence-corrected chi connectivity index (χ1v) is 10.4. The molecule has 2 rings (SSSR count). The Morgan fingerprint density at radius 3 is 2.60 bits per heavy atom. The van der Waals surface area contributed by atoms with Gasteiger partial charge in [-0.05, 0) is 50.2 Å². The van der Waals surface area contributed by atoms with Crippen molar-refractivity contribution in [3.8, 4) is 0 Å². The van der Waals surface area contributed by atoms with Crippen molar-refractivity contribution in [1.82, 2.24) is 14.5 Å². The van der Waals surface area contributed by atoms with Gasteiger partial charge in [0.15, 0.2) is 5.82 Å². The number of imidazole rings is 1. The van der Waals surface area contributed by atoms with Gasteiger partial charge in [-0.3, -0.25) is 0 Å². The van der Waals surface area contributed by atoms with E-state index in [1.165, 1.54) is 36.3 Å². The molecule has 6 heteroatoms. The van der Waals surface area contributed by atoms with Crippen LogP contribution in [0.15, 0.2) is 0 Å². The summed E-state index contributed by atoms with van der Waals surface area (Å²) < 4.78 is 7.60. The van der Waals surface area contributed by atoms with E-state index in [-0.39, 0.29) is 0 Å². The first kappa shape index (κ1) is 20.0. The molecule has 0 spiro atoms. The topological polar surface area (TPSA) is 66.0 Å². The van der Waals surface area contributed by atoms with Gasteiger partial charge in [0.1, 0.15) is 11.3 Å². The Labute approximate surface area is 155 Å². The molecule has 0 aromatic carbocycles. The zero-order valence-corrected chi connectivity index (χ0v) is 16.9. The average Bonchev–Trinajstić information content (AvgIpc) is 2.96. The maximum Gasteiger partial charge on any atom is 0.151 e. The minimum Gasteiger partial charge on any atom is -0.384 e. The zero-order chi connectivity index (χ0) is 18.2. The van der Waals surface area contributed by atoms with E-state index in [9.17, 15) is 0 Å². The molecule has 25 heavy (non-hydrogen) atoms. The summed E-state index contributed by atoms with van der Waals surface area (Å²) in [6, 6.07) is 0. The largest absolute Gasteiger partial charge is 0.384 e. The summed E-state index contributed by atoms with van der Waals surface area (Å²) in [5, 5.41) is 0. The van der Waals surface area contributed by atoms with Crippen molar-refractivity contribution in [2.45, 2.75) is 59.4 Å². The second-order valence-electron chi connectivity index (χ2n) is 6.50. The molecule has 2 N–H and O–H groups in total. The summed E-state index contributed by atoms with van der Waals surface area (Å²) in [5.74, 6) is 4.11. The van der Waals surface area contributed by atoms with Crippen LogP contribution in [0.25, 0.3) is 11.0 Å². The summed E-state index contributed by atoms with van der Waals surface area (Å²) in [6.07, 6.45) is 5.80. The zero-order valence-electron chi connectivity index (χ0n) is 16.1. The lowest BCUT2D eigenvalue weighted by Crippen LogP contribution is -2.08. The van der Waals surface area contributed by atoms with E-state index in [0.717, 1.165) is 41.9 Å². The number of methoxy groups -OCH3 is 1. The predicted octanol–water partition coefficient (Wildman–Crippen LogP) is 4.13. The van der Waals surface area contributed by atoms with E-state index in [4.69, 9.17) is 15.5 Å². The number of pyridine rings is 1. The van der Waals surface area contributed by atoms with Crippen LogP contribution in [-0.2, 0) is 17.7 Å². The van der Waals surface area contributed by atoms with Gasteiger partial charge in [0.2, 0.25) is 0 Å². The van der Waals surface area contributed by atoms with Gasteiger partial charge in [0.05, 0.1) is 12.1 Å². The molecule has 0 fully saturated rings. The van der Waals surface area contributed by atoms with Crippen LogP contribution in [0.3, 0.4) is 0 Å². The second kappa shape index (κ2) is 10.0. The third-order valence-corrected chi connectivity index (χ3v) is 5.72. The van der Waals surface area contributed by atoms with Crippen molar-refractivity contribution in [2.75, 3.05) is 31.0 Å². The standard InChI is InChI=1S/C19H32N4OS/c1-5-6-12-25-13-8-7-10-23-16(9-11-24-4)22-17-18(23)14(2)15(3)21-19(17)20/h5-13H2,1-4H3,(H2,20,21). The van der Waals surface area contributed by atoms with Crippen molar-refractivity contribution >= 4 is 28.6 Å². The maximum atomic E-state index is 6.14. The fraction of sp³-hybridized carbons (Fsp3) is 0.684. The fourth-order valence-corrected chi connectivity index (χ4v) is 4.10. The molecular formula is C19H32N4OS. The van der Waals surface area contributed by atoms with E-state index < -0.39 is 0 Å². The molecule has 5 nitrogen and oxygen atoms in total. The highest BCUT2D eigenvalue weighted by Crippen LogP contribution is 2.26. The molecule has 0 saturated carbocycles. The number of hydrogen-bond donors (Lipinski definition) is 1. The van der Waals surface area contributed by atoms with Gasteiger partial charge < -0.3 is 15.0 Å². The molecule has 0 radical (unpaired) electrons. The number of ether oxygens (including phenoxy) is 1. The lowest BCUT2D eigenvalue weighted by molar-refractivity contribution is 0.199. The second-order valence-corrected chi connectivity index (χ2v) is 7.72. The lowest BCUT2D eigenvalue weighted by Gasteiger charge is -2.12. The molecule has 0 unspecified atom stereocenters. The summed E-state index contributed by atoms with van der Waals surface area (Å²) >= 11 is 2.07. The van der Waals surface area contributed by atoms with E-state index in [1.54, 1.807) is 7.11 Å². The van der Waals surface area contributed by atoms with E-state index in [1.807, 2.05) is 6.92 Å². The summed E-state index contributed by atoms with van der Waals surface area (Å²) in [6.45, 7) is 8.02. The Morgan fingerprint density at radius 2 is 1.88 bits per heavy atom. The van der Waals surface area contributed by atoms with Crippen LogP contribution in [-0.4, -0.2) is 39.8 Å². The van der Waals surface area contributed by atoms with Gasteiger partial charge in [0, 0.05) is 25.8 Å².